The van der Waals surface area contributed by atoms with Crippen molar-refractivity contribution in [2.24, 2.45) is 5.73 Å². The maximum atomic E-state index is 12.7. The van der Waals surface area contributed by atoms with Crippen molar-refractivity contribution in [3.05, 3.63) is 69.7 Å². The lowest BCUT2D eigenvalue weighted by atomic mass is 10.1. The molecular formula is C18H19BrN2O2. The molecule has 0 saturated carbocycles. The highest BCUT2D eigenvalue weighted by atomic mass is 79.9. The van der Waals surface area contributed by atoms with Gasteiger partial charge in [-0.2, -0.15) is 0 Å². The van der Waals surface area contributed by atoms with Crippen LogP contribution in [-0.2, 0) is 11.3 Å². The summed E-state index contributed by atoms with van der Waals surface area (Å²) >= 11 is 3.55. The molecule has 2 aromatic rings. The van der Waals surface area contributed by atoms with Gasteiger partial charge in [0.05, 0.1) is 13.2 Å². The predicted molar refractivity (Wildman–Crippen MR) is 93.1 cm³/mol. The molecule has 5 heteroatoms. The molecule has 120 valence electrons. The van der Waals surface area contributed by atoms with Crippen molar-refractivity contribution in [1.29, 1.82) is 0 Å². The van der Waals surface area contributed by atoms with Crippen LogP contribution in [0.2, 0.25) is 0 Å². The molecule has 2 aromatic carbocycles. The lowest BCUT2D eigenvalue weighted by molar-refractivity contribution is -0.0231. The Morgan fingerprint density at radius 2 is 1.96 bits per heavy atom. The Balaban J connectivity index is 1.75. The third-order valence-corrected chi connectivity index (χ3v) is 4.76. The van der Waals surface area contributed by atoms with E-state index in [9.17, 15) is 4.79 Å². The van der Waals surface area contributed by atoms with Gasteiger partial charge in [-0.15, -0.1) is 0 Å². The summed E-state index contributed by atoms with van der Waals surface area (Å²) in [5, 5.41) is 0. The Labute approximate surface area is 144 Å². The average Bonchev–Trinajstić information content (AvgIpc) is 2.62. The number of hydrogen-bond acceptors (Lipinski definition) is 3. The highest BCUT2D eigenvalue weighted by Gasteiger charge is 2.27. The zero-order chi connectivity index (χ0) is 16.2. The standard InChI is InChI=1S/C18H19BrN2O2/c19-16-4-2-1-3-15(16)17-12-21(9-10-23-17)18(22)14-7-5-13(11-20)6-8-14/h1-8,17H,9-12,20H2/t17-/m0/s1. The van der Waals surface area contributed by atoms with Crippen molar-refractivity contribution >= 4 is 21.8 Å². The van der Waals surface area contributed by atoms with Gasteiger partial charge >= 0.3 is 0 Å². The van der Waals surface area contributed by atoms with E-state index in [1.807, 2.05) is 53.4 Å². The van der Waals surface area contributed by atoms with Gasteiger partial charge in [0.1, 0.15) is 6.10 Å². The Kier molecular flexibility index (Phi) is 5.10. The van der Waals surface area contributed by atoms with Crippen LogP contribution in [0.1, 0.15) is 27.6 Å². The molecule has 0 unspecified atom stereocenters. The van der Waals surface area contributed by atoms with Crippen LogP contribution in [0.3, 0.4) is 0 Å². The lowest BCUT2D eigenvalue weighted by Crippen LogP contribution is -2.42. The van der Waals surface area contributed by atoms with Gasteiger partial charge in [0, 0.05) is 23.1 Å². The van der Waals surface area contributed by atoms with Gasteiger partial charge < -0.3 is 15.4 Å². The van der Waals surface area contributed by atoms with E-state index in [0.29, 0.717) is 31.8 Å². The molecule has 0 aromatic heterocycles. The van der Waals surface area contributed by atoms with Crippen LogP contribution in [0.15, 0.2) is 53.0 Å². The molecule has 2 N–H and O–H groups in total. The number of morpholine rings is 1. The molecule has 4 nitrogen and oxygen atoms in total. The molecule has 1 heterocycles. The number of benzene rings is 2. The number of amides is 1. The number of ether oxygens (including phenoxy) is 1. The van der Waals surface area contributed by atoms with Gasteiger partial charge in [-0.3, -0.25) is 4.79 Å². The van der Waals surface area contributed by atoms with Crippen molar-refractivity contribution < 1.29 is 9.53 Å². The van der Waals surface area contributed by atoms with Crippen LogP contribution in [0, 0.1) is 0 Å². The summed E-state index contributed by atoms with van der Waals surface area (Å²) in [4.78, 5) is 14.5. The first-order valence-electron chi connectivity index (χ1n) is 7.63. The zero-order valence-electron chi connectivity index (χ0n) is 12.7. The van der Waals surface area contributed by atoms with Gasteiger partial charge in [-0.05, 0) is 29.3 Å². The molecule has 1 aliphatic heterocycles. The summed E-state index contributed by atoms with van der Waals surface area (Å²) < 4.78 is 6.86. The van der Waals surface area contributed by atoms with Crippen molar-refractivity contribution in [3.63, 3.8) is 0 Å². The number of hydrogen-bond donors (Lipinski definition) is 1. The number of nitrogens with two attached hydrogens (primary N) is 1. The van der Waals surface area contributed by atoms with E-state index in [1.54, 1.807) is 0 Å². The predicted octanol–water partition coefficient (Wildman–Crippen LogP) is 3.12. The summed E-state index contributed by atoms with van der Waals surface area (Å²) in [5.41, 5.74) is 8.38. The quantitative estimate of drug-likeness (QED) is 0.897. The van der Waals surface area contributed by atoms with E-state index >= 15 is 0 Å². The van der Waals surface area contributed by atoms with Crippen LogP contribution in [-0.4, -0.2) is 30.5 Å². The molecule has 0 aliphatic carbocycles. The first kappa shape index (κ1) is 16.2. The number of halogens is 1. The zero-order valence-corrected chi connectivity index (χ0v) is 14.3. The minimum atomic E-state index is -0.105. The van der Waals surface area contributed by atoms with Crippen molar-refractivity contribution in [2.45, 2.75) is 12.6 Å². The van der Waals surface area contributed by atoms with Crippen LogP contribution in [0.4, 0.5) is 0 Å². The largest absolute Gasteiger partial charge is 0.370 e. The van der Waals surface area contributed by atoms with E-state index in [4.69, 9.17) is 10.5 Å². The number of carbonyl (C=O) groups excluding carboxylic acids is 1. The minimum absolute atomic E-state index is 0.0360. The van der Waals surface area contributed by atoms with Crippen LogP contribution >= 0.6 is 15.9 Å². The SMILES string of the molecule is NCc1ccc(C(=O)N2CCO[C@H](c3ccccc3Br)C2)cc1. The topological polar surface area (TPSA) is 55.6 Å². The van der Waals surface area contributed by atoms with E-state index in [-0.39, 0.29) is 12.0 Å². The molecule has 1 amide bonds. The number of carbonyl (C=O) groups is 1. The number of rotatable bonds is 3. The van der Waals surface area contributed by atoms with E-state index in [1.165, 1.54) is 0 Å². The van der Waals surface area contributed by atoms with E-state index in [2.05, 4.69) is 15.9 Å². The molecule has 0 bridgehead atoms. The van der Waals surface area contributed by atoms with E-state index < -0.39 is 0 Å². The maximum absolute atomic E-state index is 12.7. The molecule has 1 saturated heterocycles. The molecule has 1 aliphatic rings. The van der Waals surface area contributed by atoms with Crippen molar-refractivity contribution in [2.75, 3.05) is 19.7 Å². The molecular weight excluding hydrogens is 356 g/mol. The second-order valence-electron chi connectivity index (χ2n) is 5.53. The second kappa shape index (κ2) is 7.25. The molecule has 1 fully saturated rings. The fourth-order valence-electron chi connectivity index (χ4n) is 2.72. The molecule has 23 heavy (non-hydrogen) atoms. The van der Waals surface area contributed by atoms with Crippen molar-refractivity contribution in [3.8, 4) is 0 Å². The number of nitrogens with zero attached hydrogens (tertiary/aromatic N) is 1. The van der Waals surface area contributed by atoms with Gasteiger partial charge in [-0.1, -0.05) is 46.3 Å². The monoisotopic (exact) mass is 374 g/mol. The summed E-state index contributed by atoms with van der Waals surface area (Å²) in [6.45, 7) is 2.19. The molecule has 1 atom stereocenters. The third-order valence-electron chi connectivity index (χ3n) is 4.04. The first-order chi connectivity index (χ1) is 11.2. The first-order valence-corrected chi connectivity index (χ1v) is 8.42. The summed E-state index contributed by atoms with van der Waals surface area (Å²) in [6, 6.07) is 15.5. The fourth-order valence-corrected chi connectivity index (χ4v) is 3.26. The smallest absolute Gasteiger partial charge is 0.254 e. The van der Waals surface area contributed by atoms with Crippen LogP contribution in [0.5, 0.6) is 0 Å². The van der Waals surface area contributed by atoms with Gasteiger partial charge in [-0.25, -0.2) is 0 Å². The fraction of sp³-hybridized carbons (Fsp3) is 0.278. The van der Waals surface area contributed by atoms with Crippen LogP contribution in [0.25, 0.3) is 0 Å². The average molecular weight is 375 g/mol. The Morgan fingerprint density at radius 3 is 2.65 bits per heavy atom. The second-order valence-corrected chi connectivity index (χ2v) is 6.39. The van der Waals surface area contributed by atoms with Gasteiger partial charge in [0.15, 0.2) is 0 Å². The van der Waals surface area contributed by atoms with Crippen LogP contribution < -0.4 is 5.73 Å². The lowest BCUT2D eigenvalue weighted by Gasteiger charge is -2.33. The summed E-state index contributed by atoms with van der Waals surface area (Å²) in [5.74, 6) is 0.0360. The minimum Gasteiger partial charge on any atom is -0.370 e. The normalized spacial score (nSPS) is 18.0. The Hall–Kier alpha value is -1.69. The van der Waals surface area contributed by atoms with Gasteiger partial charge in [0.2, 0.25) is 0 Å². The highest BCUT2D eigenvalue weighted by molar-refractivity contribution is 9.10. The van der Waals surface area contributed by atoms with Gasteiger partial charge in [0.25, 0.3) is 5.91 Å². The Morgan fingerprint density at radius 1 is 1.22 bits per heavy atom. The Bertz CT molecular complexity index is 688. The molecule has 0 radical (unpaired) electrons. The van der Waals surface area contributed by atoms with Crippen molar-refractivity contribution in [1.82, 2.24) is 4.90 Å². The highest BCUT2D eigenvalue weighted by Crippen LogP contribution is 2.29. The maximum Gasteiger partial charge on any atom is 0.254 e. The third kappa shape index (κ3) is 3.63. The summed E-state index contributed by atoms with van der Waals surface area (Å²) in [6.07, 6.45) is -0.105. The van der Waals surface area contributed by atoms with E-state index in [0.717, 1.165) is 15.6 Å². The molecule has 3 rings (SSSR count). The molecule has 0 spiro atoms. The summed E-state index contributed by atoms with van der Waals surface area (Å²) in [7, 11) is 0.